The summed E-state index contributed by atoms with van der Waals surface area (Å²) in [5, 5.41) is 8.92. The molecule has 1 aromatic heterocycles. The van der Waals surface area contributed by atoms with Crippen LogP contribution in [-0.2, 0) is 19.5 Å². The topological polar surface area (TPSA) is 115 Å². The van der Waals surface area contributed by atoms with E-state index in [0.29, 0.717) is 13.2 Å². The van der Waals surface area contributed by atoms with Crippen molar-refractivity contribution in [1.82, 2.24) is 4.98 Å². The number of rotatable bonds is 4. The minimum Gasteiger partial charge on any atom is -0.478 e. The number of hydrogen-bond acceptors (Lipinski definition) is 6. The zero-order valence-corrected chi connectivity index (χ0v) is 10.8. The molecule has 2 N–H and O–H groups in total. The molecule has 0 unspecified atom stereocenters. The van der Waals surface area contributed by atoms with E-state index < -0.39 is 22.3 Å². The maximum Gasteiger partial charge on any atom is 0.337 e. The van der Waals surface area contributed by atoms with Gasteiger partial charge in [0, 0.05) is 6.20 Å². The molecule has 1 aliphatic rings. The molecule has 1 aromatic rings. The first kappa shape index (κ1) is 13.7. The third-order valence-corrected chi connectivity index (χ3v) is 2.89. The lowest BCUT2D eigenvalue weighted by atomic mass is 10.2. The van der Waals surface area contributed by atoms with Gasteiger partial charge >= 0.3 is 5.97 Å². The molecule has 9 heteroatoms. The summed E-state index contributed by atoms with van der Waals surface area (Å²) < 4.78 is 35.2. The maximum absolute atomic E-state index is 11.2. The van der Waals surface area contributed by atoms with Crippen LogP contribution in [0.3, 0.4) is 0 Å². The largest absolute Gasteiger partial charge is 0.478 e. The van der Waals surface area contributed by atoms with E-state index in [9.17, 15) is 13.2 Å². The summed E-state index contributed by atoms with van der Waals surface area (Å²) in [5.74, 6) is -1.17. The first-order valence-electron chi connectivity index (χ1n) is 5.31. The van der Waals surface area contributed by atoms with Gasteiger partial charge < -0.3 is 14.6 Å². The lowest BCUT2D eigenvalue weighted by molar-refractivity contribution is -0.0437. The molecule has 2 rings (SSSR count). The molecule has 0 amide bonds. The van der Waals surface area contributed by atoms with Gasteiger partial charge in [-0.2, -0.15) is 0 Å². The van der Waals surface area contributed by atoms with Crippen molar-refractivity contribution in [3.05, 3.63) is 23.4 Å². The van der Waals surface area contributed by atoms with Crippen LogP contribution in [0.5, 0.6) is 0 Å². The number of aromatic carboxylic acids is 1. The fraction of sp³-hybridized carbons (Fsp3) is 0.400. The Morgan fingerprint density at radius 1 is 1.47 bits per heavy atom. The molecule has 0 radical (unpaired) electrons. The number of hydrogen-bond donors (Lipinski definition) is 2. The van der Waals surface area contributed by atoms with Crippen molar-refractivity contribution < 1.29 is 27.8 Å². The van der Waals surface area contributed by atoms with Gasteiger partial charge in [0.1, 0.15) is 5.82 Å². The number of pyridine rings is 1. The molecule has 0 saturated carbocycles. The zero-order valence-electron chi connectivity index (χ0n) is 9.99. The maximum atomic E-state index is 11.2. The van der Waals surface area contributed by atoms with Crippen LogP contribution in [0.15, 0.2) is 12.3 Å². The van der Waals surface area contributed by atoms with Crippen molar-refractivity contribution in [2.24, 2.45) is 0 Å². The Morgan fingerprint density at radius 3 is 2.63 bits per heavy atom. The van der Waals surface area contributed by atoms with Crippen LogP contribution in [0.25, 0.3) is 0 Å². The molecule has 0 spiro atoms. The van der Waals surface area contributed by atoms with Gasteiger partial charge in [0.15, 0.2) is 6.29 Å². The molecular weight excluding hydrogens is 276 g/mol. The highest BCUT2D eigenvalue weighted by Gasteiger charge is 2.25. The number of nitrogens with one attached hydrogen (secondary N) is 1. The van der Waals surface area contributed by atoms with E-state index in [4.69, 9.17) is 14.6 Å². The molecule has 104 valence electrons. The SMILES string of the molecule is CS(=O)(=O)Nc1ncc(C(=O)O)cc1C1OCCO1. The predicted octanol–water partition coefficient (Wildman–Crippen LogP) is 0.197. The highest BCUT2D eigenvalue weighted by atomic mass is 32.2. The number of carboxylic acids is 1. The van der Waals surface area contributed by atoms with Gasteiger partial charge in [0.05, 0.1) is 30.6 Å². The highest BCUT2D eigenvalue weighted by molar-refractivity contribution is 7.92. The highest BCUT2D eigenvalue weighted by Crippen LogP contribution is 2.29. The minimum atomic E-state index is -3.53. The molecule has 0 aliphatic carbocycles. The summed E-state index contributed by atoms with van der Waals surface area (Å²) in [5.41, 5.74) is 0.163. The smallest absolute Gasteiger partial charge is 0.337 e. The number of carbonyl (C=O) groups is 1. The molecule has 1 saturated heterocycles. The molecular formula is C10H12N2O6S. The van der Waals surface area contributed by atoms with Crippen LogP contribution in [0.2, 0.25) is 0 Å². The van der Waals surface area contributed by atoms with Crippen molar-refractivity contribution in [3.63, 3.8) is 0 Å². The number of sulfonamides is 1. The summed E-state index contributed by atoms with van der Waals surface area (Å²) in [6, 6.07) is 1.28. The summed E-state index contributed by atoms with van der Waals surface area (Å²) >= 11 is 0. The Labute approximate surface area is 109 Å². The molecule has 0 aromatic carbocycles. The van der Waals surface area contributed by atoms with E-state index in [1.54, 1.807) is 0 Å². The second-order valence-corrected chi connectivity index (χ2v) is 5.66. The van der Waals surface area contributed by atoms with E-state index in [-0.39, 0.29) is 16.9 Å². The average molecular weight is 288 g/mol. The molecule has 2 heterocycles. The number of anilines is 1. The van der Waals surface area contributed by atoms with Crippen LogP contribution in [0, 0.1) is 0 Å². The van der Waals surface area contributed by atoms with Gasteiger partial charge in [-0.25, -0.2) is 18.2 Å². The van der Waals surface area contributed by atoms with Crippen LogP contribution >= 0.6 is 0 Å². The van der Waals surface area contributed by atoms with Crippen molar-refractivity contribution in [2.75, 3.05) is 24.2 Å². The molecule has 0 atom stereocenters. The third-order valence-electron chi connectivity index (χ3n) is 2.32. The second-order valence-electron chi connectivity index (χ2n) is 3.91. The Bertz CT molecular complexity index is 594. The lowest BCUT2D eigenvalue weighted by Crippen LogP contribution is -2.15. The molecule has 0 bridgehead atoms. The number of ether oxygens (including phenoxy) is 2. The Hall–Kier alpha value is -1.71. The molecule has 1 fully saturated rings. The summed E-state index contributed by atoms with van der Waals surface area (Å²) in [6.45, 7) is 0.695. The van der Waals surface area contributed by atoms with Gasteiger partial charge in [-0.15, -0.1) is 0 Å². The lowest BCUT2D eigenvalue weighted by Gasteiger charge is -2.14. The first-order valence-corrected chi connectivity index (χ1v) is 7.20. The number of nitrogens with zero attached hydrogens (tertiary/aromatic N) is 1. The average Bonchev–Trinajstić information content (AvgIpc) is 2.80. The van der Waals surface area contributed by atoms with E-state index >= 15 is 0 Å². The number of carboxylic acid groups (broad SMARTS) is 1. The van der Waals surface area contributed by atoms with E-state index in [1.165, 1.54) is 6.07 Å². The Balaban J connectivity index is 2.43. The van der Waals surface area contributed by atoms with Crippen molar-refractivity contribution >= 4 is 21.8 Å². The van der Waals surface area contributed by atoms with Crippen LogP contribution in [-0.4, -0.2) is 43.9 Å². The zero-order chi connectivity index (χ0) is 14.0. The fourth-order valence-electron chi connectivity index (χ4n) is 1.58. The summed E-state index contributed by atoms with van der Waals surface area (Å²) in [6.07, 6.45) is 1.21. The Kier molecular flexibility index (Phi) is 3.69. The van der Waals surface area contributed by atoms with E-state index in [2.05, 4.69) is 9.71 Å². The summed E-state index contributed by atoms with van der Waals surface area (Å²) in [7, 11) is -3.53. The normalized spacial score (nSPS) is 16.5. The van der Waals surface area contributed by atoms with Crippen LogP contribution in [0.4, 0.5) is 5.82 Å². The fourth-order valence-corrected chi connectivity index (χ4v) is 2.10. The third kappa shape index (κ3) is 3.40. The first-order chi connectivity index (χ1) is 8.87. The Morgan fingerprint density at radius 2 is 2.11 bits per heavy atom. The summed E-state index contributed by atoms with van der Waals surface area (Å²) in [4.78, 5) is 14.7. The van der Waals surface area contributed by atoms with Gasteiger partial charge in [-0.3, -0.25) is 4.72 Å². The van der Waals surface area contributed by atoms with Gasteiger partial charge in [0.25, 0.3) is 0 Å². The number of aromatic nitrogens is 1. The van der Waals surface area contributed by atoms with Crippen LogP contribution < -0.4 is 4.72 Å². The monoisotopic (exact) mass is 288 g/mol. The second kappa shape index (κ2) is 5.11. The standard InChI is InChI=1S/C10H12N2O6S/c1-19(15,16)12-8-7(10-17-2-3-18-10)4-6(5-11-8)9(13)14/h4-5,10H,2-3H2,1H3,(H,11,12)(H,13,14). The van der Waals surface area contributed by atoms with Crippen molar-refractivity contribution in [1.29, 1.82) is 0 Å². The van der Waals surface area contributed by atoms with Gasteiger partial charge in [-0.1, -0.05) is 0 Å². The molecule has 19 heavy (non-hydrogen) atoms. The van der Waals surface area contributed by atoms with E-state index in [1.807, 2.05) is 0 Å². The van der Waals surface area contributed by atoms with E-state index in [0.717, 1.165) is 12.5 Å². The van der Waals surface area contributed by atoms with Crippen LogP contribution in [0.1, 0.15) is 22.2 Å². The molecule has 1 aliphatic heterocycles. The van der Waals surface area contributed by atoms with Crippen molar-refractivity contribution in [3.8, 4) is 0 Å². The predicted molar refractivity (Wildman–Crippen MR) is 64.3 cm³/mol. The quantitative estimate of drug-likeness (QED) is 0.813. The minimum absolute atomic E-state index is 0.000556. The van der Waals surface area contributed by atoms with Gasteiger partial charge in [0.2, 0.25) is 10.0 Å². The molecule has 8 nitrogen and oxygen atoms in total. The van der Waals surface area contributed by atoms with Crippen molar-refractivity contribution in [2.45, 2.75) is 6.29 Å². The van der Waals surface area contributed by atoms with Gasteiger partial charge in [-0.05, 0) is 6.07 Å².